The van der Waals surface area contributed by atoms with Crippen molar-refractivity contribution in [2.45, 2.75) is 45.4 Å². The second-order valence-electron chi connectivity index (χ2n) is 4.22. The molecule has 16 heavy (non-hydrogen) atoms. The molecule has 1 unspecified atom stereocenters. The van der Waals surface area contributed by atoms with Crippen molar-refractivity contribution >= 4 is 0 Å². The summed E-state index contributed by atoms with van der Waals surface area (Å²) in [4.78, 5) is 0. The molecule has 1 atom stereocenters. The maximum Gasteiger partial charge on any atom is 0.108 e. The molecule has 0 amide bonds. The van der Waals surface area contributed by atoms with Gasteiger partial charge in [-0.25, -0.2) is 0 Å². The van der Waals surface area contributed by atoms with Crippen LogP contribution in [0.4, 0.5) is 0 Å². The summed E-state index contributed by atoms with van der Waals surface area (Å²) in [5.41, 5.74) is 0.914. The van der Waals surface area contributed by atoms with Crippen molar-refractivity contribution in [1.82, 2.24) is 20.3 Å². The van der Waals surface area contributed by atoms with Crippen LogP contribution in [-0.2, 0) is 17.9 Å². The average Bonchev–Trinajstić information content (AvgIpc) is 2.75. The third-order valence-corrected chi connectivity index (χ3v) is 2.86. The highest BCUT2D eigenvalue weighted by Crippen LogP contribution is 2.08. The Hall–Kier alpha value is -0.940. The molecule has 0 spiro atoms. The number of rotatable bonds is 5. The molecular formula is C11H20N4O. The number of nitrogens with one attached hydrogen (secondary N) is 1. The predicted octanol–water partition coefficient (Wildman–Crippen LogP) is 0.957. The first-order valence-electron chi connectivity index (χ1n) is 6.08. The van der Waals surface area contributed by atoms with Crippen LogP contribution in [0.25, 0.3) is 0 Å². The minimum Gasteiger partial charge on any atom is -0.375 e. The zero-order valence-electron chi connectivity index (χ0n) is 9.85. The highest BCUT2D eigenvalue weighted by Gasteiger charge is 2.13. The average molecular weight is 224 g/mol. The van der Waals surface area contributed by atoms with Crippen LogP contribution < -0.4 is 5.32 Å². The first-order chi connectivity index (χ1) is 7.88. The molecule has 5 heteroatoms. The number of ether oxygens (including phenoxy) is 1. The van der Waals surface area contributed by atoms with E-state index in [2.05, 4.69) is 15.6 Å². The van der Waals surface area contributed by atoms with E-state index >= 15 is 0 Å². The number of hydrogen-bond acceptors (Lipinski definition) is 4. The second kappa shape index (κ2) is 5.96. The van der Waals surface area contributed by atoms with Crippen molar-refractivity contribution in [2.24, 2.45) is 0 Å². The quantitative estimate of drug-likeness (QED) is 0.809. The van der Waals surface area contributed by atoms with E-state index in [1.54, 1.807) is 0 Å². The fourth-order valence-corrected chi connectivity index (χ4v) is 2.01. The molecular weight excluding hydrogens is 204 g/mol. The molecule has 0 bridgehead atoms. The molecule has 2 heterocycles. The first kappa shape index (κ1) is 11.5. The van der Waals surface area contributed by atoms with Gasteiger partial charge in [-0.2, -0.15) is 0 Å². The third kappa shape index (κ3) is 3.28. The van der Waals surface area contributed by atoms with Crippen molar-refractivity contribution in [3.63, 3.8) is 0 Å². The molecule has 5 nitrogen and oxygen atoms in total. The number of hydrogen-bond donors (Lipinski definition) is 1. The molecule has 1 fully saturated rings. The van der Waals surface area contributed by atoms with Crippen molar-refractivity contribution in [3.05, 3.63) is 11.9 Å². The van der Waals surface area contributed by atoms with E-state index in [1.807, 2.05) is 17.8 Å². The van der Waals surface area contributed by atoms with Crippen LogP contribution in [0, 0.1) is 0 Å². The topological polar surface area (TPSA) is 52.0 Å². The minimum atomic E-state index is 0.551. The fourth-order valence-electron chi connectivity index (χ4n) is 2.01. The van der Waals surface area contributed by atoms with Gasteiger partial charge in [-0.1, -0.05) is 11.6 Å². The van der Waals surface area contributed by atoms with E-state index in [0.717, 1.165) is 25.4 Å². The van der Waals surface area contributed by atoms with Crippen LogP contribution in [0.2, 0.25) is 0 Å². The van der Waals surface area contributed by atoms with Crippen LogP contribution in [-0.4, -0.2) is 34.2 Å². The van der Waals surface area contributed by atoms with E-state index in [4.69, 9.17) is 4.74 Å². The molecule has 1 saturated heterocycles. The molecule has 90 valence electrons. The van der Waals surface area contributed by atoms with E-state index in [0.29, 0.717) is 12.6 Å². The van der Waals surface area contributed by atoms with Gasteiger partial charge in [0.05, 0.1) is 19.3 Å². The van der Waals surface area contributed by atoms with Crippen LogP contribution in [0.3, 0.4) is 0 Å². The minimum absolute atomic E-state index is 0.551. The van der Waals surface area contributed by atoms with Gasteiger partial charge in [-0.3, -0.25) is 4.68 Å². The maximum atomic E-state index is 5.29. The molecule has 0 radical (unpaired) electrons. The largest absolute Gasteiger partial charge is 0.375 e. The fraction of sp³-hybridized carbons (Fsp3) is 0.818. The smallest absolute Gasteiger partial charge is 0.108 e. The standard InChI is InChI=1S/C11H20N4O/c1-2-16-9-11-8-15(14-13-11)7-10-5-3-4-6-12-10/h8,10,12H,2-7,9H2,1H3. The molecule has 1 aliphatic heterocycles. The van der Waals surface area contributed by atoms with Gasteiger partial charge >= 0.3 is 0 Å². The molecule has 0 aromatic carbocycles. The Morgan fingerprint density at radius 3 is 3.25 bits per heavy atom. The summed E-state index contributed by atoms with van der Waals surface area (Å²) in [5, 5.41) is 11.7. The Bertz CT molecular complexity index is 307. The Labute approximate surface area is 96.2 Å². The van der Waals surface area contributed by atoms with E-state index in [9.17, 15) is 0 Å². The zero-order valence-corrected chi connectivity index (χ0v) is 9.85. The van der Waals surface area contributed by atoms with Gasteiger partial charge in [0.15, 0.2) is 0 Å². The first-order valence-corrected chi connectivity index (χ1v) is 6.08. The Kier molecular flexibility index (Phi) is 4.30. The van der Waals surface area contributed by atoms with Crippen molar-refractivity contribution in [3.8, 4) is 0 Å². The summed E-state index contributed by atoms with van der Waals surface area (Å²) in [7, 11) is 0. The Morgan fingerprint density at radius 1 is 1.56 bits per heavy atom. The van der Waals surface area contributed by atoms with E-state index in [-0.39, 0.29) is 0 Å². The second-order valence-corrected chi connectivity index (χ2v) is 4.22. The van der Waals surface area contributed by atoms with Gasteiger partial charge in [0.1, 0.15) is 5.69 Å². The molecule has 0 aliphatic carbocycles. The van der Waals surface area contributed by atoms with Gasteiger partial charge in [0, 0.05) is 12.6 Å². The Morgan fingerprint density at radius 2 is 2.50 bits per heavy atom. The summed E-state index contributed by atoms with van der Waals surface area (Å²) in [6.45, 7) is 5.31. The number of piperidine rings is 1. The van der Waals surface area contributed by atoms with Crippen molar-refractivity contribution in [2.75, 3.05) is 13.2 Å². The lowest BCUT2D eigenvalue weighted by Crippen LogP contribution is -2.37. The molecule has 1 aromatic rings. The van der Waals surface area contributed by atoms with Gasteiger partial charge in [-0.15, -0.1) is 5.10 Å². The van der Waals surface area contributed by atoms with Gasteiger partial charge in [-0.05, 0) is 26.3 Å². The predicted molar refractivity (Wildman–Crippen MR) is 61.0 cm³/mol. The summed E-state index contributed by atoms with van der Waals surface area (Å²) in [6, 6.07) is 0.551. The lowest BCUT2D eigenvalue weighted by Gasteiger charge is -2.22. The maximum absolute atomic E-state index is 5.29. The number of nitrogens with zero attached hydrogens (tertiary/aromatic N) is 3. The molecule has 2 rings (SSSR count). The summed E-state index contributed by atoms with van der Waals surface area (Å²) in [5.74, 6) is 0. The molecule has 0 saturated carbocycles. The van der Waals surface area contributed by atoms with Gasteiger partial charge in [0.2, 0.25) is 0 Å². The van der Waals surface area contributed by atoms with Gasteiger partial charge < -0.3 is 10.1 Å². The SMILES string of the molecule is CCOCc1cn(CC2CCCCN2)nn1. The van der Waals surface area contributed by atoms with Crippen LogP contribution in [0.1, 0.15) is 31.9 Å². The molecule has 1 aliphatic rings. The normalized spacial score (nSPS) is 21.2. The van der Waals surface area contributed by atoms with E-state index in [1.165, 1.54) is 19.3 Å². The van der Waals surface area contributed by atoms with Crippen LogP contribution in [0.15, 0.2) is 6.20 Å². The lowest BCUT2D eigenvalue weighted by atomic mass is 10.1. The monoisotopic (exact) mass is 224 g/mol. The van der Waals surface area contributed by atoms with Crippen LogP contribution >= 0.6 is 0 Å². The van der Waals surface area contributed by atoms with Crippen LogP contribution in [0.5, 0.6) is 0 Å². The highest BCUT2D eigenvalue weighted by molar-refractivity contribution is 4.90. The van der Waals surface area contributed by atoms with E-state index < -0.39 is 0 Å². The lowest BCUT2D eigenvalue weighted by molar-refractivity contribution is 0.131. The Balaban J connectivity index is 1.81. The summed E-state index contributed by atoms with van der Waals surface area (Å²) >= 11 is 0. The molecule has 1 N–H and O–H groups in total. The van der Waals surface area contributed by atoms with Crippen molar-refractivity contribution < 1.29 is 4.74 Å². The molecule has 1 aromatic heterocycles. The summed E-state index contributed by atoms with van der Waals surface area (Å²) in [6.07, 6.45) is 5.83. The summed E-state index contributed by atoms with van der Waals surface area (Å²) < 4.78 is 7.21. The third-order valence-electron chi connectivity index (χ3n) is 2.86. The van der Waals surface area contributed by atoms with Gasteiger partial charge in [0.25, 0.3) is 0 Å². The van der Waals surface area contributed by atoms with Crippen molar-refractivity contribution in [1.29, 1.82) is 0 Å². The highest BCUT2D eigenvalue weighted by atomic mass is 16.5. The zero-order chi connectivity index (χ0) is 11.2. The number of aromatic nitrogens is 3.